The molecule has 1 fully saturated rings. The molecule has 4 heterocycles. The minimum atomic E-state index is -1.22. The Morgan fingerprint density at radius 2 is 1.74 bits per heavy atom. The number of aromatic nitrogens is 3. The first-order chi connectivity index (χ1) is 24.2. The van der Waals surface area contributed by atoms with Gasteiger partial charge in [0.2, 0.25) is 11.8 Å². The summed E-state index contributed by atoms with van der Waals surface area (Å²) in [5.41, 5.74) is 5.28. The highest BCUT2D eigenvalue weighted by Crippen LogP contribution is 2.42. The summed E-state index contributed by atoms with van der Waals surface area (Å²) in [6.45, 7) is 0.486. The van der Waals surface area contributed by atoms with Gasteiger partial charge in [-0.1, -0.05) is 65.7 Å². The zero-order valence-corrected chi connectivity index (χ0v) is 28.5. The molecule has 2 atom stereocenters. The molecule has 0 spiro atoms. The van der Waals surface area contributed by atoms with Gasteiger partial charge in [-0.25, -0.2) is 9.97 Å². The lowest BCUT2D eigenvalue weighted by molar-refractivity contribution is -0.140. The van der Waals surface area contributed by atoms with Gasteiger partial charge in [0.05, 0.1) is 35.0 Å². The van der Waals surface area contributed by atoms with Crippen molar-refractivity contribution in [3.63, 3.8) is 0 Å². The number of rotatable bonds is 13. The van der Waals surface area contributed by atoms with Gasteiger partial charge < -0.3 is 25.6 Å². The number of carboxylic acid groups (broad SMARTS) is 1. The zero-order valence-electron chi connectivity index (χ0n) is 27.0. The van der Waals surface area contributed by atoms with Crippen molar-refractivity contribution in [2.24, 2.45) is 0 Å². The van der Waals surface area contributed by atoms with Crippen LogP contribution in [0.15, 0.2) is 77.9 Å². The van der Waals surface area contributed by atoms with Crippen molar-refractivity contribution in [2.45, 2.75) is 38.0 Å². The number of hydrogen-bond donors (Lipinski definition) is 5. The number of pyridine rings is 2. The number of benzene rings is 2. The van der Waals surface area contributed by atoms with Crippen molar-refractivity contribution in [3.05, 3.63) is 105 Å². The summed E-state index contributed by atoms with van der Waals surface area (Å²) in [5.74, 6) is -0.674. The number of aliphatic carboxylic acids is 1. The van der Waals surface area contributed by atoms with Crippen LogP contribution in [0.1, 0.15) is 24.0 Å². The number of carbonyl (C=O) groups excluding carboxylic acids is 1. The van der Waals surface area contributed by atoms with Crippen molar-refractivity contribution in [2.75, 3.05) is 20.3 Å². The first-order valence-electron chi connectivity index (χ1n) is 15.9. The van der Waals surface area contributed by atoms with E-state index in [2.05, 4.69) is 20.9 Å². The fourth-order valence-corrected chi connectivity index (χ4v) is 6.57. The Bertz CT molecular complexity index is 2140. The molecule has 1 aliphatic heterocycles. The summed E-state index contributed by atoms with van der Waals surface area (Å²) in [5, 5.41) is 28.3. The monoisotopic (exact) mass is 716 g/mol. The van der Waals surface area contributed by atoms with Crippen LogP contribution in [0.3, 0.4) is 0 Å². The standard InChI is InChI=1S/C36H34Cl2N6O6/c1-50-34-21(15-39-18-23-9-11-31(46)42-23)8-10-28(43-34)27-7-3-6-26(33(27)38)25-5-2-4-24(32(25)37)20-12-13-44-30(14-20)41-17-22(35(44)47)16-40-29(19-45)36(48)49/h2-8,10,12-14,17,23,29,39-40,45H,9,11,15-16,18-19H2,1H3,(H,42,46)(H,48,49)/t23?,29-/m1/s1. The quantitative estimate of drug-likeness (QED) is 0.119. The Labute approximate surface area is 297 Å². The molecule has 50 heavy (non-hydrogen) atoms. The Balaban J connectivity index is 1.25. The Morgan fingerprint density at radius 3 is 2.42 bits per heavy atom. The maximum Gasteiger partial charge on any atom is 0.323 e. The minimum absolute atomic E-state index is 0.0756. The second kappa shape index (κ2) is 15.4. The van der Waals surface area contributed by atoms with Gasteiger partial charge in [0, 0.05) is 72.3 Å². The molecule has 1 amide bonds. The molecule has 1 saturated heterocycles. The van der Waals surface area contributed by atoms with Gasteiger partial charge in [-0.3, -0.25) is 24.1 Å². The van der Waals surface area contributed by atoms with Crippen molar-refractivity contribution >= 4 is 40.7 Å². The summed E-state index contributed by atoms with van der Waals surface area (Å²) in [6.07, 6.45) is 4.34. The van der Waals surface area contributed by atoms with Crippen LogP contribution in [0.4, 0.5) is 0 Å². The first kappa shape index (κ1) is 35.0. The number of ether oxygens (including phenoxy) is 1. The molecule has 258 valence electrons. The molecule has 5 aromatic rings. The summed E-state index contributed by atoms with van der Waals surface area (Å²) < 4.78 is 6.99. The maximum atomic E-state index is 13.1. The number of nitrogens with zero attached hydrogens (tertiary/aromatic N) is 3. The molecule has 6 rings (SSSR count). The highest BCUT2D eigenvalue weighted by Gasteiger charge is 2.21. The van der Waals surface area contributed by atoms with Crippen LogP contribution >= 0.6 is 23.2 Å². The molecular weight excluding hydrogens is 683 g/mol. The number of aliphatic hydroxyl groups excluding tert-OH is 1. The van der Waals surface area contributed by atoms with E-state index in [9.17, 15) is 19.5 Å². The largest absolute Gasteiger partial charge is 0.481 e. The van der Waals surface area contributed by atoms with Crippen LogP contribution in [0.2, 0.25) is 10.0 Å². The zero-order chi connectivity index (χ0) is 35.4. The molecular formula is C36H34Cl2N6O6. The highest BCUT2D eigenvalue weighted by atomic mass is 35.5. The topological polar surface area (TPSA) is 167 Å². The molecule has 0 saturated carbocycles. The van der Waals surface area contributed by atoms with Crippen LogP contribution < -0.4 is 26.2 Å². The SMILES string of the molecule is COc1nc(-c2cccc(-c3cccc(-c4ccn5c(=O)c(CN[C@H](CO)C(=O)O)cnc5c4)c3Cl)c2Cl)ccc1CNCC1CCC(=O)N1. The predicted octanol–water partition coefficient (Wildman–Crippen LogP) is 4.31. The normalized spacial score (nSPS) is 14.9. The number of halogens is 2. The van der Waals surface area contributed by atoms with Gasteiger partial charge in [-0.2, -0.15) is 0 Å². The van der Waals surface area contributed by atoms with E-state index in [1.54, 1.807) is 25.4 Å². The fraction of sp³-hybridized carbons (Fsp3) is 0.250. The number of methoxy groups -OCH3 is 1. The van der Waals surface area contributed by atoms with E-state index in [0.717, 1.165) is 17.5 Å². The third-order valence-corrected chi connectivity index (χ3v) is 9.41. The van der Waals surface area contributed by atoms with Gasteiger partial charge in [0.25, 0.3) is 5.56 Å². The lowest BCUT2D eigenvalue weighted by Crippen LogP contribution is -2.40. The molecule has 1 aliphatic rings. The second-order valence-corrected chi connectivity index (χ2v) is 12.6. The van der Waals surface area contributed by atoms with Crippen molar-refractivity contribution in [3.8, 4) is 39.4 Å². The van der Waals surface area contributed by atoms with E-state index in [1.165, 1.54) is 10.6 Å². The number of aliphatic hydroxyl groups is 1. The van der Waals surface area contributed by atoms with E-state index < -0.39 is 18.6 Å². The summed E-state index contributed by atoms with van der Waals surface area (Å²) >= 11 is 14.1. The minimum Gasteiger partial charge on any atom is -0.481 e. The summed E-state index contributed by atoms with van der Waals surface area (Å²) in [4.78, 5) is 45.0. The van der Waals surface area contributed by atoms with E-state index >= 15 is 0 Å². The lowest BCUT2D eigenvalue weighted by Gasteiger charge is -2.16. The molecule has 0 aliphatic carbocycles. The smallest absolute Gasteiger partial charge is 0.323 e. The second-order valence-electron chi connectivity index (χ2n) is 11.8. The molecule has 3 aromatic heterocycles. The Kier molecular flexibility index (Phi) is 10.8. The van der Waals surface area contributed by atoms with E-state index in [1.807, 2.05) is 48.5 Å². The predicted molar refractivity (Wildman–Crippen MR) is 190 cm³/mol. The average molecular weight is 718 g/mol. The summed E-state index contributed by atoms with van der Waals surface area (Å²) in [7, 11) is 1.57. The molecule has 12 nitrogen and oxygen atoms in total. The molecule has 14 heteroatoms. The number of carbonyl (C=O) groups is 2. The lowest BCUT2D eigenvalue weighted by atomic mass is 9.97. The number of amides is 1. The van der Waals surface area contributed by atoms with Crippen LogP contribution in [-0.4, -0.2) is 68.8 Å². The van der Waals surface area contributed by atoms with Gasteiger partial charge in [0.15, 0.2) is 0 Å². The van der Waals surface area contributed by atoms with E-state index in [4.69, 9.17) is 38.0 Å². The molecule has 2 aromatic carbocycles. The molecule has 0 bridgehead atoms. The van der Waals surface area contributed by atoms with Crippen LogP contribution in [0.5, 0.6) is 5.88 Å². The third-order valence-electron chi connectivity index (χ3n) is 8.60. The third kappa shape index (κ3) is 7.35. The summed E-state index contributed by atoms with van der Waals surface area (Å²) in [6, 6.07) is 17.5. The van der Waals surface area contributed by atoms with Gasteiger partial charge in [-0.15, -0.1) is 0 Å². The first-order valence-corrected chi connectivity index (χ1v) is 16.6. The van der Waals surface area contributed by atoms with Gasteiger partial charge in [-0.05, 0) is 30.2 Å². The number of fused-ring (bicyclic) bond motifs is 1. The number of hydrogen-bond acceptors (Lipinski definition) is 9. The van der Waals surface area contributed by atoms with E-state index in [0.29, 0.717) is 69.0 Å². The van der Waals surface area contributed by atoms with Gasteiger partial charge >= 0.3 is 5.97 Å². The van der Waals surface area contributed by atoms with Crippen LogP contribution in [0.25, 0.3) is 39.2 Å². The van der Waals surface area contributed by atoms with Gasteiger partial charge in [0.1, 0.15) is 11.7 Å². The average Bonchev–Trinajstić information content (AvgIpc) is 3.54. The number of nitrogens with one attached hydrogen (secondary N) is 3. The molecule has 5 N–H and O–H groups in total. The Morgan fingerprint density at radius 1 is 1.02 bits per heavy atom. The van der Waals surface area contributed by atoms with Crippen molar-refractivity contribution < 1.29 is 24.5 Å². The highest BCUT2D eigenvalue weighted by molar-refractivity contribution is 6.39. The van der Waals surface area contributed by atoms with Crippen molar-refractivity contribution in [1.29, 1.82) is 0 Å². The fourth-order valence-electron chi connectivity index (χ4n) is 5.91. The maximum absolute atomic E-state index is 13.1. The molecule has 0 radical (unpaired) electrons. The number of carboxylic acids is 1. The molecule has 1 unspecified atom stereocenters. The van der Waals surface area contributed by atoms with E-state index in [-0.39, 0.29) is 29.6 Å². The van der Waals surface area contributed by atoms with Crippen LogP contribution in [-0.2, 0) is 22.7 Å². The Hall–Kier alpha value is -4.85. The van der Waals surface area contributed by atoms with Crippen LogP contribution in [0, 0.1) is 0 Å². The van der Waals surface area contributed by atoms with Crippen molar-refractivity contribution in [1.82, 2.24) is 30.3 Å².